The topological polar surface area (TPSA) is 50.7 Å². The lowest BCUT2D eigenvalue weighted by molar-refractivity contribution is 0.356. The number of aromatic nitrogens is 3. The van der Waals surface area contributed by atoms with Crippen LogP contribution in [-0.2, 0) is 0 Å². The van der Waals surface area contributed by atoms with Crippen LogP contribution in [0.5, 0.6) is 0 Å². The van der Waals surface area contributed by atoms with E-state index in [-0.39, 0.29) is 0 Å². The van der Waals surface area contributed by atoms with Crippen LogP contribution in [0.25, 0.3) is 11.2 Å². The summed E-state index contributed by atoms with van der Waals surface area (Å²) in [5.41, 5.74) is 1.89. The van der Waals surface area contributed by atoms with Crippen LogP contribution in [0, 0.1) is 5.41 Å². The molecule has 0 amide bonds. The summed E-state index contributed by atoms with van der Waals surface area (Å²) >= 11 is 0. The summed E-state index contributed by atoms with van der Waals surface area (Å²) < 4.78 is 0. The fourth-order valence-electron chi connectivity index (χ4n) is 1.91. The zero-order valence-electron chi connectivity index (χ0n) is 12.1. The van der Waals surface area contributed by atoms with Gasteiger partial charge < -0.3 is 5.32 Å². The van der Waals surface area contributed by atoms with Crippen molar-refractivity contribution in [2.45, 2.75) is 46.6 Å². The van der Waals surface area contributed by atoms with Crippen LogP contribution >= 0.6 is 0 Å². The van der Waals surface area contributed by atoms with Gasteiger partial charge in [-0.05, 0) is 37.3 Å². The lowest BCUT2D eigenvalue weighted by atomic mass is 9.89. The van der Waals surface area contributed by atoms with Gasteiger partial charge in [-0.2, -0.15) is 0 Å². The van der Waals surface area contributed by atoms with E-state index in [1.165, 1.54) is 6.42 Å². The maximum atomic E-state index is 4.47. The number of hydrogen-bond donors (Lipinski definition) is 1. The number of hydrogen-bond acceptors (Lipinski definition) is 4. The smallest absolute Gasteiger partial charge is 0.180 e. The molecule has 1 atom stereocenters. The van der Waals surface area contributed by atoms with Crippen LogP contribution in [0.1, 0.15) is 40.5 Å². The van der Waals surface area contributed by atoms with Crippen molar-refractivity contribution in [2.24, 2.45) is 5.41 Å². The third kappa shape index (κ3) is 4.16. The normalized spacial score (nSPS) is 13.5. The minimum Gasteiger partial charge on any atom is -0.368 e. The fourth-order valence-corrected chi connectivity index (χ4v) is 1.91. The Balaban J connectivity index is 2.00. The Bertz CT molecular complexity index is 545. The van der Waals surface area contributed by atoms with Crippen molar-refractivity contribution in [1.29, 1.82) is 0 Å². The number of fused-ring (bicyclic) bond motifs is 1. The third-order valence-corrected chi connectivity index (χ3v) is 3.05. The minimum atomic E-state index is 0.373. The van der Waals surface area contributed by atoms with E-state index in [9.17, 15) is 0 Å². The molecule has 1 unspecified atom stereocenters. The molecule has 1 N–H and O–H groups in total. The van der Waals surface area contributed by atoms with E-state index in [1.807, 2.05) is 12.1 Å². The SMILES string of the molecule is CC(CCC(C)(C)C)Nc1ccc2nccnc2n1. The van der Waals surface area contributed by atoms with Crippen LogP contribution in [-0.4, -0.2) is 21.0 Å². The van der Waals surface area contributed by atoms with Gasteiger partial charge in [0.2, 0.25) is 0 Å². The molecule has 0 spiro atoms. The van der Waals surface area contributed by atoms with Crippen LogP contribution in [0.4, 0.5) is 5.82 Å². The second kappa shape index (κ2) is 5.51. The highest BCUT2D eigenvalue weighted by Crippen LogP contribution is 2.22. The van der Waals surface area contributed by atoms with Crippen LogP contribution in [0.3, 0.4) is 0 Å². The molecule has 0 aromatic carbocycles. The molecular formula is C15H22N4. The van der Waals surface area contributed by atoms with E-state index in [1.54, 1.807) is 12.4 Å². The molecule has 4 heteroatoms. The highest BCUT2D eigenvalue weighted by atomic mass is 15.0. The van der Waals surface area contributed by atoms with Crippen LogP contribution in [0.2, 0.25) is 0 Å². The van der Waals surface area contributed by atoms with Gasteiger partial charge in [0.05, 0.1) is 0 Å². The maximum Gasteiger partial charge on any atom is 0.180 e. The van der Waals surface area contributed by atoms with Crippen molar-refractivity contribution < 1.29 is 0 Å². The minimum absolute atomic E-state index is 0.373. The van der Waals surface area contributed by atoms with Crippen molar-refractivity contribution in [3.8, 4) is 0 Å². The Labute approximate surface area is 114 Å². The first kappa shape index (κ1) is 13.7. The molecule has 0 bridgehead atoms. The lowest BCUT2D eigenvalue weighted by Gasteiger charge is -2.21. The molecule has 0 aliphatic carbocycles. The Morgan fingerprint density at radius 2 is 1.89 bits per heavy atom. The van der Waals surface area contributed by atoms with Crippen molar-refractivity contribution in [3.63, 3.8) is 0 Å². The zero-order chi connectivity index (χ0) is 13.9. The van der Waals surface area contributed by atoms with Gasteiger partial charge in [-0.3, -0.25) is 4.98 Å². The van der Waals surface area contributed by atoms with E-state index >= 15 is 0 Å². The van der Waals surface area contributed by atoms with E-state index in [4.69, 9.17) is 0 Å². The molecule has 2 rings (SSSR count). The number of nitrogens with zero attached hydrogens (tertiary/aromatic N) is 3. The fraction of sp³-hybridized carbons (Fsp3) is 0.533. The van der Waals surface area contributed by atoms with Gasteiger partial charge >= 0.3 is 0 Å². The van der Waals surface area contributed by atoms with E-state index < -0.39 is 0 Å². The van der Waals surface area contributed by atoms with Crippen molar-refractivity contribution in [2.75, 3.05) is 5.32 Å². The van der Waals surface area contributed by atoms with E-state index in [0.717, 1.165) is 17.8 Å². The summed E-state index contributed by atoms with van der Waals surface area (Å²) in [6.45, 7) is 8.99. The predicted octanol–water partition coefficient (Wildman–Crippen LogP) is 3.65. The summed E-state index contributed by atoms with van der Waals surface area (Å²) in [5, 5.41) is 3.43. The standard InChI is InChI=1S/C15H22N4/c1-11(7-8-15(2,3)4)18-13-6-5-12-14(19-13)17-10-9-16-12/h5-6,9-11H,7-8H2,1-4H3,(H,17,18,19). The van der Waals surface area contributed by atoms with Gasteiger partial charge in [0.25, 0.3) is 0 Å². The van der Waals surface area contributed by atoms with Gasteiger partial charge in [0.1, 0.15) is 11.3 Å². The molecule has 2 aromatic rings. The Morgan fingerprint density at radius 3 is 2.63 bits per heavy atom. The van der Waals surface area contributed by atoms with Gasteiger partial charge in [0.15, 0.2) is 5.65 Å². The number of pyridine rings is 1. The van der Waals surface area contributed by atoms with Gasteiger partial charge in [0, 0.05) is 18.4 Å². The first-order valence-corrected chi connectivity index (χ1v) is 6.78. The summed E-state index contributed by atoms with van der Waals surface area (Å²) in [5.74, 6) is 0.870. The Kier molecular flexibility index (Phi) is 3.98. The zero-order valence-corrected chi connectivity index (χ0v) is 12.1. The predicted molar refractivity (Wildman–Crippen MR) is 79.1 cm³/mol. The Hall–Kier alpha value is -1.71. The summed E-state index contributed by atoms with van der Waals surface area (Å²) in [6.07, 6.45) is 5.67. The molecule has 2 heterocycles. The molecule has 0 fully saturated rings. The highest BCUT2D eigenvalue weighted by molar-refractivity contribution is 5.71. The van der Waals surface area contributed by atoms with Crippen molar-refractivity contribution in [3.05, 3.63) is 24.5 Å². The maximum absolute atomic E-state index is 4.47. The summed E-state index contributed by atoms with van der Waals surface area (Å²) in [6, 6.07) is 4.32. The second-order valence-corrected chi connectivity index (χ2v) is 6.24. The summed E-state index contributed by atoms with van der Waals surface area (Å²) in [4.78, 5) is 12.9. The van der Waals surface area contributed by atoms with Gasteiger partial charge in [-0.15, -0.1) is 0 Å². The van der Waals surface area contributed by atoms with Gasteiger partial charge in [-0.1, -0.05) is 20.8 Å². The molecule has 0 aliphatic rings. The molecule has 0 aliphatic heterocycles. The second-order valence-electron chi connectivity index (χ2n) is 6.24. The number of nitrogens with one attached hydrogen (secondary N) is 1. The van der Waals surface area contributed by atoms with Crippen LogP contribution < -0.4 is 5.32 Å². The molecule has 19 heavy (non-hydrogen) atoms. The van der Waals surface area contributed by atoms with E-state index in [2.05, 4.69) is 48.0 Å². The van der Waals surface area contributed by atoms with Crippen LogP contribution in [0.15, 0.2) is 24.5 Å². The average molecular weight is 258 g/mol. The third-order valence-electron chi connectivity index (χ3n) is 3.05. The molecular weight excluding hydrogens is 236 g/mol. The number of rotatable bonds is 4. The van der Waals surface area contributed by atoms with E-state index in [0.29, 0.717) is 17.1 Å². The highest BCUT2D eigenvalue weighted by Gasteiger charge is 2.12. The van der Waals surface area contributed by atoms with Crippen molar-refractivity contribution in [1.82, 2.24) is 15.0 Å². The lowest BCUT2D eigenvalue weighted by Crippen LogP contribution is -2.19. The molecule has 0 radical (unpaired) electrons. The van der Waals surface area contributed by atoms with Crippen molar-refractivity contribution >= 4 is 17.0 Å². The Morgan fingerprint density at radius 1 is 1.16 bits per heavy atom. The molecule has 4 nitrogen and oxygen atoms in total. The first-order chi connectivity index (χ1) is 8.94. The monoisotopic (exact) mass is 258 g/mol. The number of anilines is 1. The molecule has 0 saturated carbocycles. The first-order valence-electron chi connectivity index (χ1n) is 6.78. The van der Waals surface area contributed by atoms with Gasteiger partial charge in [-0.25, -0.2) is 9.97 Å². The quantitative estimate of drug-likeness (QED) is 0.909. The average Bonchev–Trinajstić information content (AvgIpc) is 2.35. The summed E-state index contributed by atoms with van der Waals surface area (Å²) in [7, 11) is 0. The molecule has 2 aromatic heterocycles. The molecule has 0 saturated heterocycles. The molecule has 102 valence electrons. The largest absolute Gasteiger partial charge is 0.368 e.